The van der Waals surface area contributed by atoms with E-state index in [1.807, 2.05) is 30.3 Å². The molecule has 2 unspecified atom stereocenters. The highest BCUT2D eigenvalue weighted by atomic mass is 16.5. The van der Waals surface area contributed by atoms with Gasteiger partial charge in [0.1, 0.15) is 12.0 Å². The quantitative estimate of drug-likeness (QED) is 0.861. The van der Waals surface area contributed by atoms with Crippen LogP contribution in [-0.2, 0) is 9.53 Å². The molecule has 3 rings (SSSR count). The first-order chi connectivity index (χ1) is 10.2. The minimum Gasteiger partial charge on any atom is -0.462 e. The molecule has 2 saturated heterocycles. The molecule has 1 N–H and O–H groups in total. The average molecular weight is 289 g/mol. The number of aliphatic hydroxyl groups excluding tert-OH is 1. The molecule has 2 bridgehead atoms. The van der Waals surface area contributed by atoms with Gasteiger partial charge in [-0.1, -0.05) is 30.3 Å². The lowest BCUT2D eigenvalue weighted by Crippen LogP contribution is -2.43. The molecule has 114 valence electrons. The predicted octanol–water partition coefficient (Wildman–Crippen LogP) is 1.93. The molecule has 2 heterocycles. The number of benzene rings is 1. The maximum atomic E-state index is 12.4. The molecule has 0 spiro atoms. The van der Waals surface area contributed by atoms with Crippen molar-refractivity contribution in [3.05, 3.63) is 35.9 Å². The first-order valence-corrected chi connectivity index (χ1v) is 7.77. The number of nitrogens with zero attached hydrogens (tertiary/aromatic N) is 1. The molecule has 0 radical (unpaired) electrons. The van der Waals surface area contributed by atoms with E-state index >= 15 is 0 Å². The molecule has 0 saturated carbocycles. The number of ether oxygens (including phenoxy) is 1. The van der Waals surface area contributed by atoms with Gasteiger partial charge >= 0.3 is 5.97 Å². The summed E-state index contributed by atoms with van der Waals surface area (Å²) in [4.78, 5) is 14.8. The fraction of sp³-hybridized carbons (Fsp3) is 0.588. The molecule has 4 heteroatoms. The second-order valence-electron chi connectivity index (χ2n) is 6.23. The lowest BCUT2D eigenvalue weighted by molar-refractivity contribution is -0.155. The van der Waals surface area contributed by atoms with E-state index < -0.39 is 5.92 Å². The van der Waals surface area contributed by atoms with Gasteiger partial charge in [-0.2, -0.15) is 0 Å². The maximum Gasteiger partial charge on any atom is 0.316 e. The van der Waals surface area contributed by atoms with Crippen LogP contribution in [0.1, 0.15) is 37.2 Å². The molecule has 2 fully saturated rings. The van der Waals surface area contributed by atoms with Crippen LogP contribution in [0, 0.1) is 0 Å². The molecule has 2 aliphatic heterocycles. The Hall–Kier alpha value is -1.39. The lowest BCUT2D eigenvalue weighted by atomic mass is 9.98. The van der Waals surface area contributed by atoms with Crippen LogP contribution in [0.4, 0.5) is 0 Å². The zero-order valence-electron chi connectivity index (χ0n) is 12.4. The number of fused-ring (bicyclic) bond motifs is 2. The minimum absolute atomic E-state index is 0.00367. The van der Waals surface area contributed by atoms with Gasteiger partial charge < -0.3 is 14.7 Å². The molecule has 0 amide bonds. The van der Waals surface area contributed by atoms with Crippen LogP contribution >= 0.6 is 0 Å². The molecule has 0 aromatic heterocycles. The summed E-state index contributed by atoms with van der Waals surface area (Å²) < 4.78 is 5.70. The van der Waals surface area contributed by atoms with Crippen LogP contribution in [0.25, 0.3) is 0 Å². The third-order valence-electron chi connectivity index (χ3n) is 5.01. The second-order valence-corrected chi connectivity index (χ2v) is 6.23. The van der Waals surface area contributed by atoms with E-state index in [9.17, 15) is 9.90 Å². The summed E-state index contributed by atoms with van der Waals surface area (Å²) >= 11 is 0. The van der Waals surface area contributed by atoms with Crippen molar-refractivity contribution in [3.8, 4) is 0 Å². The number of esters is 1. The van der Waals surface area contributed by atoms with Crippen molar-refractivity contribution in [2.24, 2.45) is 0 Å². The van der Waals surface area contributed by atoms with E-state index in [4.69, 9.17) is 4.74 Å². The van der Waals surface area contributed by atoms with E-state index in [0.717, 1.165) is 18.4 Å². The van der Waals surface area contributed by atoms with E-state index in [0.29, 0.717) is 12.1 Å². The fourth-order valence-corrected chi connectivity index (χ4v) is 3.71. The third-order valence-corrected chi connectivity index (χ3v) is 5.01. The highest BCUT2D eigenvalue weighted by Gasteiger charge is 2.40. The zero-order valence-corrected chi connectivity index (χ0v) is 12.4. The number of aliphatic hydroxyl groups is 1. The van der Waals surface area contributed by atoms with Crippen LogP contribution in [0.5, 0.6) is 0 Å². The molecule has 21 heavy (non-hydrogen) atoms. The van der Waals surface area contributed by atoms with Crippen molar-refractivity contribution in [3.63, 3.8) is 0 Å². The van der Waals surface area contributed by atoms with E-state index in [2.05, 4.69) is 11.9 Å². The largest absolute Gasteiger partial charge is 0.462 e. The van der Waals surface area contributed by atoms with Crippen molar-refractivity contribution >= 4 is 5.97 Å². The molecule has 0 aliphatic carbocycles. The Morgan fingerprint density at radius 2 is 1.90 bits per heavy atom. The summed E-state index contributed by atoms with van der Waals surface area (Å²) in [5.74, 6) is -0.860. The van der Waals surface area contributed by atoms with Gasteiger partial charge in [-0.25, -0.2) is 0 Å². The Bertz CT molecular complexity index is 476. The minimum atomic E-state index is -0.566. The summed E-state index contributed by atoms with van der Waals surface area (Å²) in [5.41, 5.74) is 0.820. The van der Waals surface area contributed by atoms with Crippen molar-refractivity contribution in [2.75, 3.05) is 13.7 Å². The lowest BCUT2D eigenvalue weighted by Gasteiger charge is -2.36. The second kappa shape index (κ2) is 6.16. The van der Waals surface area contributed by atoms with Gasteiger partial charge in [0.2, 0.25) is 0 Å². The Morgan fingerprint density at radius 1 is 1.29 bits per heavy atom. The van der Waals surface area contributed by atoms with Gasteiger partial charge in [0.05, 0.1) is 6.61 Å². The van der Waals surface area contributed by atoms with Gasteiger partial charge in [-0.3, -0.25) is 4.79 Å². The zero-order chi connectivity index (χ0) is 14.8. The van der Waals surface area contributed by atoms with Crippen LogP contribution < -0.4 is 0 Å². The van der Waals surface area contributed by atoms with E-state index in [1.165, 1.54) is 12.8 Å². The number of carbonyl (C=O) groups excluding carboxylic acids is 1. The topological polar surface area (TPSA) is 49.8 Å². The molecule has 1 aromatic carbocycles. The Morgan fingerprint density at radius 3 is 2.48 bits per heavy atom. The monoisotopic (exact) mass is 289 g/mol. The van der Waals surface area contributed by atoms with Gasteiger partial charge in [0.25, 0.3) is 0 Å². The molecular weight excluding hydrogens is 266 g/mol. The van der Waals surface area contributed by atoms with Gasteiger partial charge in [-0.15, -0.1) is 0 Å². The highest BCUT2D eigenvalue weighted by Crippen LogP contribution is 2.36. The summed E-state index contributed by atoms with van der Waals surface area (Å²) in [6, 6.07) is 10.5. The van der Waals surface area contributed by atoms with Crippen LogP contribution in [0.2, 0.25) is 0 Å². The summed E-state index contributed by atoms with van der Waals surface area (Å²) in [6.45, 7) is -0.206. The van der Waals surface area contributed by atoms with Gasteiger partial charge in [0, 0.05) is 12.1 Å². The molecule has 4 nitrogen and oxygen atoms in total. The average Bonchev–Trinajstić information content (AvgIpc) is 2.72. The Balaban J connectivity index is 1.63. The number of carbonyl (C=O) groups is 1. The first kappa shape index (κ1) is 14.5. The predicted molar refractivity (Wildman–Crippen MR) is 80.0 cm³/mol. The number of rotatable bonds is 4. The molecule has 2 aliphatic rings. The molecule has 4 atom stereocenters. The number of hydrogen-bond acceptors (Lipinski definition) is 4. The van der Waals surface area contributed by atoms with Crippen molar-refractivity contribution < 1.29 is 14.6 Å². The number of hydrogen-bond donors (Lipinski definition) is 1. The fourth-order valence-electron chi connectivity index (χ4n) is 3.71. The summed E-state index contributed by atoms with van der Waals surface area (Å²) in [5, 5.41) is 9.53. The summed E-state index contributed by atoms with van der Waals surface area (Å²) in [7, 11) is 2.17. The summed E-state index contributed by atoms with van der Waals surface area (Å²) in [6.07, 6.45) is 4.26. The highest BCUT2D eigenvalue weighted by molar-refractivity contribution is 5.78. The number of piperidine rings is 1. The van der Waals surface area contributed by atoms with Crippen LogP contribution in [-0.4, -0.2) is 47.8 Å². The molecular formula is C17H23NO3. The molecule has 1 aromatic rings. The Kier molecular flexibility index (Phi) is 4.27. The standard InChI is InChI=1S/C17H23NO3/c1-18-13-7-8-14(18)10-15(9-13)21-17(20)16(11-19)12-5-3-2-4-6-12/h2-6,13-16,19H,7-11H2,1H3/t13-,14?,15?,16-/m0/s1. The van der Waals surface area contributed by atoms with E-state index in [1.54, 1.807) is 0 Å². The Labute approximate surface area is 125 Å². The van der Waals surface area contributed by atoms with E-state index in [-0.39, 0.29) is 18.7 Å². The first-order valence-electron chi connectivity index (χ1n) is 7.77. The third kappa shape index (κ3) is 2.97. The van der Waals surface area contributed by atoms with Gasteiger partial charge in [-0.05, 0) is 38.3 Å². The normalized spacial score (nSPS) is 30.1. The van der Waals surface area contributed by atoms with Crippen LogP contribution in [0.15, 0.2) is 30.3 Å². The van der Waals surface area contributed by atoms with Crippen LogP contribution in [0.3, 0.4) is 0 Å². The van der Waals surface area contributed by atoms with Crippen molar-refractivity contribution in [1.29, 1.82) is 0 Å². The SMILES string of the molecule is CN1C2CC[C@H]1CC(OC(=O)[C@@H](CO)c1ccccc1)C2. The van der Waals surface area contributed by atoms with Crippen molar-refractivity contribution in [2.45, 2.75) is 49.8 Å². The van der Waals surface area contributed by atoms with Gasteiger partial charge in [0.15, 0.2) is 0 Å². The smallest absolute Gasteiger partial charge is 0.316 e. The maximum absolute atomic E-state index is 12.4. The van der Waals surface area contributed by atoms with Crippen molar-refractivity contribution in [1.82, 2.24) is 4.90 Å².